The van der Waals surface area contributed by atoms with Gasteiger partial charge >= 0.3 is 0 Å². The van der Waals surface area contributed by atoms with E-state index in [-0.39, 0.29) is 5.96 Å². The Morgan fingerprint density at radius 3 is 2.54 bits per heavy atom. The molecular weight excluding hydrogens is 346 g/mol. The molecule has 0 bridgehead atoms. The van der Waals surface area contributed by atoms with E-state index in [1.807, 2.05) is 24.4 Å². The van der Waals surface area contributed by atoms with Crippen molar-refractivity contribution in [2.24, 2.45) is 5.73 Å². The van der Waals surface area contributed by atoms with Crippen LogP contribution in [0.1, 0.15) is 5.69 Å². The summed E-state index contributed by atoms with van der Waals surface area (Å²) in [5.74, 6) is -0.142. The van der Waals surface area contributed by atoms with Crippen molar-refractivity contribution in [3.05, 3.63) is 35.3 Å². The van der Waals surface area contributed by atoms with Crippen LogP contribution in [0.15, 0.2) is 29.6 Å². The molecule has 124 valence electrons. The van der Waals surface area contributed by atoms with Crippen molar-refractivity contribution >= 4 is 50.3 Å². The number of thiazole rings is 2. The summed E-state index contributed by atoms with van der Waals surface area (Å²) in [5, 5.41) is 25.3. The zero-order valence-corrected chi connectivity index (χ0v) is 14.3. The smallest absolute Gasteiger partial charge is 0.192 e. The summed E-state index contributed by atoms with van der Waals surface area (Å²) in [5.41, 5.74) is 10.6. The van der Waals surface area contributed by atoms with E-state index in [4.69, 9.17) is 16.4 Å². The van der Waals surface area contributed by atoms with Crippen molar-refractivity contribution < 1.29 is 5.21 Å². The van der Waals surface area contributed by atoms with Gasteiger partial charge in [-0.2, -0.15) is 0 Å². The monoisotopic (exact) mass is 361 g/mol. The molecule has 0 saturated carbocycles. The number of aryl methyl sites for hydroxylation is 1. The first-order valence-electron chi connectivity index (χ1n) is 6.86. The van der Waals surface area contributed by atoms with E-state index in [0.717, 1.165) is 27.1 Å². The Bertz CT molecular complexity index is 856. The highest BCUT2D eigenvalue weighted by Gasteiger charge is 2.13. The largest absolute Gasteiger partial charge is 0.370 e. The van der Waals surface area contributed by atoms with Crippen LogP contribution >= 0.6 is 22.7 Å². The lowest BCUT2D eigenvalue weighted by molar-refractivity contribution is 0.389. The molecule has 0 aliphatic heterocycles. The number of rotatable bonds is 5. The number of nitrogens with two attached hydrogens (primary N) is 1. The molecule has 1 aromatic carbocycles. The Balaban J connectivity index is 1.77. The lowest BCUT2D eigenvalue weighted by atomic mass is 10.3. The fourth-order valence-corrected chi connectivity index (χ4v) is 3.73. The molecule has 0 aliphatic carbocycles. The first-order valence-corrected chi connectivity index (χ1v) is 8.56. The van der Waals surface area contributed by atoms with E-state index in [2.05, 4.69) is 26.1 Å². The quantitative estimate of drug-likeness (QED) is 0.233. The predicted molar refractivity (Wildman–Crippen MR) is 98.6 cm³/mol. The number of nitrogens with one attached hydrogen (secondary N) is 4. The second kappa shape index (κ2) is 6.83. The van der Waals surface area contributed by atoms with Gasteiger partial charge in [-0.25, -0.2) is 9.97 Å². The van der Waals surface area contributed by atoms with E-state index in [9.17, 15) is 0 Å². The molecule has 10 heteroatoms. The normalized spacial score (nSPS) is 10.4. The molecule has 24 heavy (non-hydrogen) atoms. The molecule has 0 atom stereocenters. The molecule has 2 heterocycles. The minimum absolute atomic E-state index is 0.142. The number of hydrogen-bond donors (Lipinski definition) is 6. The third-order valence-corrected chi connectivity index (χ3v) is 4.89. The minimum Gasteiger partial charge on any atom is -0.370 e. The molecule has 3 rings (SSSR count). The Kier molecular flexibility index (Phi) is 4.60. The maximum absolute atomic E-state index is 8.82. The van der Waals surface area contributed by atoms with Crippen molar-refractivity contribution in [3.8, 4) is 10.6 Å². The molecule has 8 nitrogen and oxygen atoms in total. The van der Waals surface area contributed by atoms with Gasteiger partial charge < -0.3 is 16.4 Å². The second-order valence-corrected chi connectivity index (χ2v) is 6.68. The summed E-state index contributed by atoms with van der Waals surface area (Å²) in [6.45, 7) is 1.89. The summed E-state index contributed by atoms with van der Waals surface area (Å²) < 4.78 is 0. The number of nitrogens with zero attached hydrogens (tertiary/aromatic N) is 2. The van der Waals surface area contributed by atoms with Crippen molar-refractivity contribution in [2.45, 2.75) is 6.92 Å². The van der Waals surface area contributed by atoms with Crippen molar-refractivity contribution in [3.63, 3.8) is 0 Å². The fraction of sp³-hybridized carbons (Fsp3) is 0.0714. The minimum atomic E-state index is -0.142. The van der Waals surface area contributed by atoms with E-state index in [0.29, 0.717) is 10.8 Å². The van der Waals surface area contributed by atoms with Crippen LogP contribution in [0.25, 0.3) is 10.6 Å². The molecule has 2 aromatic heterocycles. The van der Waals surface area contributed by atoms with Crippen LogP contribution in [0.5, 0.6) is 0 Å². The van der Waals surface area contributed by atoms with Crippen LogP contribution in [0, 0.1) is 12.3 Å². The Morgan fingerprint density at radius 1 is 1.17 bits per heavy atom. The lowest BCUT2D eigenvalue weighted by Crippen LogP contribution is -2.20. The highest BCUT2D eigenvalue weighted by molar-refractivity contribution is 7.20. The van der Waals surface area contributed by atoms with Gasteiger partial charge in [0.15, 0.2) is 16.2 Å². The highest BCUT2D eigenvalue weighted by Crippen LogP contribution is 2.35. The van der Waals surface area contributed by atoms with Gasteiger partial charge in [-0.05, 0) is 31.2 Å². The number of aromatic nitrogens is 2. The molecule has 3 aromatic rings. The molecular formula is C14H15N7OS2. The molecule has 0 radical (unpaired) electrons. The van der Waals surface area contributed by atoms with Gasteiger partial charge in [-0.15, -0.1) is 11.3 Å². The predicted octanol–water partition coefficient (Wildman–Crippen LogP) is 3.43. The van der Waals surface area contributed by atoms with Gasteiger partial charge in [0.1, 0.15) is 0 Å². The summed E-state index contributed by atoms with van der Waals surface area (Å²) >= 11 is 2.89. The summed E-state index contributed by atoms with van der Waals surface area (Å²) in [7, 11) is 0. The third-order valence-electron chi connectivity index (χ3n) is 3.04. The van der Waals surface area contributed by atoms with Crippen LogP contribution in [-0.2, 0) is 0 Å². The molecule has 0 aliphatic rings. The summed E-state index contributed by atoms with van der Waals surface area (Å²) in [6.07, 6.45) is 0. The number of benzene rings is 1. The average molecular weight is 361 g/mol. The Hall–Kier alpha value is -2.69. The van der Waals surface area contributed by atoms with Gasteiger partial charge in [0.25, 0.3) is 0 Å². The van der Waals surface area contributed by atoms with Gasteiger partial charge in [-0.3, -0.25) is 16.1 Å². The van der Waals surface area contributed by atoms with Gasteiger partial charge in [0, 0.05) is 11.1 Å². The SMILES string of the molecule is Cc1nc(NC(=N)N)sc1-c1csc(Nc2ccc(NO)cc2)n1. The van der Waals surface area contributed by atoms with Crippen molar-refractivity contribution in [1.29, 1.82) is 5.41 Å². The molecule has 0 amide bonds. The molecule has 0 unspecified atom stereocenters. The topological polar surface area (TPSA) is 132 Å². The van der Waals surface area contributed by atoms with Gasteiger partial charge in [0.2, 0.25) is 0 Å². The van der Waals surface area contributed by atoms with E-state index in [1.165, 1.54) is 22.7 Å². The molecule has 0 saturated heterocycles. The van der Waals surface area contributed by atoms with Crippen LogP contribution in [-0.4, -0.2) is 21.1 Å². The van der Waals surface area contributed by atoms with E-state index in [1.54, 1.807) is 12.1 Å². The first kappa shape index (κ1) is 16.2. The molecule has 0 spiro atoms. The molecule has 7 N–H and O–H groups in total. The zero-order chi connectivity index (χ0) is 17.1. The standard InChI is InChI=1S/C14H15N7OS2/c1-7-11(24-14(17-7)20-12(15)16)10-6-23-13(19-10)18-8-2-4-9(21-22)5-3-8/h2-6,21-22H,1H3,(H,18,19)(H4,15,16,17,20). The maximum atomic E-state index is 8.82. The second-order valence-electron chi connectivity index (χ2n) is 4.82. The van der Waals surface area contributed by atoms with Crippen molar-refractivity contribution in [2.75, 3.05) is 16.1 Å². The van der Waals surface area contributed by atoms with Crippen LogP contribution in [0.4, 0.5) is 21.6 Å². The van der Waals surface area contributed by atoms with Gasteiger partial charge in [0.05, 0.1) is 22.0 Å². The highest BCUT2D eigenvalue weighted by atomic mass is 32.1. The van der Waals surface area contributed by atoms with Crippen molar-refractivity contribution in [1.82, 2.24) is 9.97 Å². The average Bonchev–Trinajstić information content (AvgIpc) is 3.14. The van der Waals surface area contributed by atoms with E-state index >= 15 is 0 Å². The molecule has 0 fully saturated rings. The Labute approximate surface area is 145 Å². The number of anilines is 4. The number of hydrogen-bond acceptors (Lipinski definition) is 8. The lowest BCUT2D eigenvalue weighted by Gasteiger charge is -2.03. The number of guanidine groups is 1. The van der Waals surface area contributed by atoms with E-state index < -0.39 is 0 Å². The Morgan fingerprint density at radius 2 is 1.88 bits per heavy atom. The van der Waals surface area contributed by atoms with Crippen LogP contribution in [0.2, 0.25) is 0 Å². The fourth-order valence-electron chi connectivity index (χ4n) is 1.99. The zero-order valence-electron chi connectivity index (χ0n) is 12.6. The first-order chi connectivity index (χ1) is 11.5. The van der Waals surface area contributed by atoms with Crippen LogP contribution in [0.3, 0.4) is 0 Å². The van der Waals surface area contributed by atoms with Crippen LogP contribution < -0.4 is 21.8 Å². The third kappa shape index (κ3) is 3.62. The maximum Gasteiger partial charge on any atom is 0.192 e. The summed E-state index contributed by atoms with van der Waals surface area (Å²) in [4.78, 5) is 9.84. The van der Waals surface area contributed by atoms with Gasteiger partial charge in [-0.1, -0.05) is 11.3 Å². The summed E-state index contributed by atoms with van der Waals surface area (Å²) in [6, 6.07) is 7.19.